The number of allylic oxidation sites excluding steroid dienone is 1. The van der Waals surface area contributed by atoms with E-state index >= 15 is 0 Å². The van der Waals surface area contributed by atoms with Crippen LogP contribution in [-0.2, 0) is 4.74 Å². The fourth-order valence-corrected chi connectivity index (χ4v) is 1.29. The van der Waals surface area contributed by atoms with E-state index in [1.165, 1.54) is 0 Å². The van der Waals surface area contributed by atoms with Crippen molar-refractivity contribution < 1.29 is 4.74 Å². The molecule has 0 unspecified atom stereocenters. The Labute approximate surface area is 88.9 Å². The molecular formula is C12H25NO. The van der Waals surface area contributed by atoms with Gasteiger partial charge in [0.25, 0.3) is 0 Å². The van der Waals surface area contributed by atoms with E-state index in [1.807, 2.05) is 0 Å². The fourth-order valence-electron chi connectivity index (χ4n) is 1.29. The molecule has 0 saturated carbocycles. The average molecular weight is 199 g/mol. The summed E-state index contributed by atoms with van der Waals surface area (Å²) in [6.07, 6.45) is 0.972. The van der Waals surface area contributed by atoms with Gasteiger partial charge in [-0.05, 0) is 34.1 Å². The van der Waals surface area contributed by atoms with Crippen LogP contribution in [-0.4, -0.2) is 30.2 Å². The number of hydrogen-bond donors (Lipinski definition) is 0. The van der Waals surface area contributed by atoms with Gasteiger partial charge in [0.15, 0.2) is 0 Å². The Morgan fingerprint density at radius 3 is 2.00 bits per heavy atom. The van der Waals surface area contributed by atoms with E-state index in [-0.39, 0.29) is 11.1 Å². The van der Waals surface area contributed by atoms with Crippen LogP contribution in [0.5, 0.6) is 0 Å². The molecule has 14 heavy (non-hydrogen) atoms. The molecule has 0 atom stereocenters. The Morgan fingerprint density at radius 1 is 1.29 bits per heavy atom. The normalized spacial score (nSPS) is 12.8. The van der Waals surface area contributed by atoms with Gasteiger partial charge in [-0.25, -0.2) is 0 Å². The van der Waals surface area contributed by atoms with E-state index in [0.29, 0.717) is 0 Å². The number of rotatable bonds is 5. The minimum absolute atomic E-state index is 0.0607. The van der Waals surface area contributed by atoms with Crippen molar-refractivity contribution in [2.45, 2.75) is 52.2 Å². The Kier molecular flexibility index (Phi) is 4.19. The molecule has 0 aliphatic rings. The smallest absolute Gasteiger partial charge is 0.0847 e. The van der Waals surface area contributed by atoms with E-state index in [0.717, 1.165) is 12.1 Å². The van der Waals surface area contributed by atoms with Gasteiger partial charge in [-0.3, -0.25) is 0 Å². The minimum atomic E-state index is -0.195. The van der Waals surface area contributed by atoms with Gasteiger partial charge in [0.2, 0.25) is 0 Å². The zero-order valence-electron chi connectivity index (χ0n) is 10.8. The third-order valence-corrected chi connectivity index (χ3v) is 3.70. The van der Waals surface area contributed by atoms with Crippen LogP contribution in [0.1, 0.15) is 41.0 Å². The molecule has 0 saturated heterocycles. The van der Waals surface area contributed by atoms with Crippen molar-refractivity contribution >= 4 is 0 Å². The van der Waals surface area contributed by atoms with Gasteiger partial charge in [0, 0.05) is 19.9 Å². The molecule has 0 radical (unpaired) electrons. The molecule has 0 bridgehead atoms. The van der Waals surface area contributed by atoms with Crippen LogP contribution in [0.15, 0.2) is 12.3 Å². The zero-order valence-corrected chi connectivity index (χ0v) is 10.8. The Bertz CT molecular complexity index is 206. The number of methoxy groups -OCH3 is 1. The van der Waals surface area contributed by atoms with Crippen molar-refractivity contribution in [3.8, 4) is 0 Å². The molecule has 0 heterocycles. The van der Waals surface area contributed by atoms with E-state index in [1.54, 1.807) is 7.11 Å². The lowest BCUT2D eigenvalue weighted by Crippen LogP contribution is -2.56. The molecule has 0 aromatic rings. The number of hydrogen-bond acceptors (Lipinski definition) is 2. The molecule has 0 amide bonds. The van der Waals surface area contributed by atoms with Crippen molar-refractivity contribution in [2.24, 2.45) is 0 Å². The number of likely N-dealkylation sites (N-methyl/N-ethyl adjacent to an activating group) is 1. The first kappa shape index (κ1) is 13.5. The predicted octanol–water partition coefficient (Wildman–Crippen LogP) is 3.05. The highest BCUT2D eigenvalue weighted by Gasteiger charge is 2.40. The summed E-state index contributed by atoms with van der Waals surface area (Å²) in [6.45, 7) is 14.7. The molecule has 0 rings (SSSR count). The maximum atomic E-state index is 5.54. The first-order valence-electron chi connectivity index (χ1n) is 5.17. The molecule has 84 valence electrons. The Hall–Kier alpha value is -0.500. The van der Waals surface area contributed by atoms with Crippen LogP contribution in [0.4, 0.5) is 0 Å². The third-order valence-electron chi connectivity index (χ3n) is 3.70. The summed E-state index contributed by atoms with van der Waals surface area (Å²) in [6, 6.07) is 0. The lowest BCUT2D eigenvalue weighted by Gasteiger charge is -2.48. The average Bonchev–Trinajstić information content (AvgIpc) is 2.14. The number of ether oxygens (including phenoxy) is 1. The van der Waals surface area contributed by atoms with Crippen LogP contribution >= 0.6 is 0 Å². The van der Waals surface area contributed by atoms with E-state index < -0.39 is 0 Å². The summed E-state index contributed by atoms with van der Waals surface area (Å²) in [4.78, 5) is 2.20. The summed E-state index contributed by atoms with van der Waals surface area (Å²) >= 11 is 0. The van der Waals surface area contributed by atoms with E-state index in [9.17, 15) is 0 Å². The molecule has 0 aliphatic heterocycles. The summed E-state index contributed by atoms with van der Waals surface area (Å²) in [5, 5.41) is 0. The first-order valence-corrected chi connectivity index (χ1v) is 5.17. The van der Waals surface area contributed by atoms with Gasteiger partial charge in [0.1, 0.15) is 0 Å². The SMILES string of the molecule is C=C(CC)N(C)C(C)(C)C(C)(C)OC. The van der Waals surface area contributed by atoms with Gasteiger partial charge in [-0.2, -0.15) is 0 Å². The molecular weight excluding hydrogens is 174 g/mol. The van der Waals surface area contributed by atoms with Crippen LogP contribution in [0.3, 0.4) is 0 Å². The fraction of sp³-hybridized carbons (Fsp3) is 0.833. The predicted molar refractivity (Wildman–Crippen MR) is 62.4 cm³/mol. The van der Waals surface area contributed by atoms with Crippen molar-refractivity contribution in [2.75, 3.05) is 14.2 Å². The molecule has 0 fully saturated rings. The Balaban J connectivity index is 4.85. The molecule has 0 aromatic carbocycles. The highest BCUT2D eigenvalue weighted by atomic mass is 16.5. The van der Waals surface area contributed by atoms with Crippen LogP contribution in [0.2, 0.25) is 0 Å². The largest absolute Gasteiger partial charge is 0.376 e. The molecule has 0 spiro atoms. The molecule has 2 heteroatoms. The molecule has 0 aliphatic carbocycles. The highest BCUT2D eigenvalue weighted by Crippen LogP contribution is 2.32. The lowest BCUT2D eigenvalue weighted by molar-refractivity contribution is -0.0813. The van der Waals surface area contributed by atoms with Crippen LogP contribution in [0.25, 0.3) is 0 Å². The van der Waals surface area contributed by atoms with Crippen LogP contribution < -0.4 is 0 Å². The monoisotopic (exact) mass is 199 g/mol. The van der Waals surface area contributed by atoms with Crippen molar-refractivity contribution in [3.63, 3.8) is 0 Å². The second-order valence-electron chi connectivity index (χ2n) is 4.75. The quantitative estimate of drug-likeness (QED) is 0.675. The molecule has 2 nitrogen and oxygen atoms in total. The Morgan fingerprint density at radius 2 is 1.71 bits per heavy atom. The lowest BCUT2D eigenvalue weighted by atomic mass is 9.84. The second-order valence-corrected chi connectivity index (χ2v) is 4.75. The minimum Gasteiger partial charge on any atom is -0.376 e. The number of nitrogens with zero attached hydrogens (tertiary/aromatic N) is 1. The standard InChI is InChI=1S/C12H25NO/c1-9-10(2)13(7)11(3,4)12(5,6)14-8/h2,9H2,1,3-8H3. The molecule has 0 N–H and O–H groups in total. The summed E-state index contributed by atoms with van der Waals surface area (Å²) in [5.41, 5.74) is 0.884. The molecule has 0 aromatic heterocycles. The van der Waals surface area contributed by atoms with Crippen molar-refractivity contribution in [1.82, 2.24) is 4.90 Å². The maximum absolute atomic E-state index is 5.54. The van der Waals surface area contributed by atoms with Gasteiger partial charge in [-0.1, -0.05) is 13.5 Å². The summed E-state index contributed by atoms with van der Waals surface area (Å²) in [5.74, 6) is 0. The topological polar surface area (TPSA) is 12.5 Å². The van der Waals surface area contributed by atoms with E-state index in [2.05, 4.69) is 53.1 Å². The first-order chi connectivity index (χ1) is 6.20. The summed E-state index contributed by atoms with van der Waals surface area (Å²) in [7, 11) is 3.83. The maximum Gasteiger partial charge on any atom is 0.0847 e. The van der Waals surface area contributed by atoms with Gasteiger partial charge >= 0.3 is 0 Å². The van der Waals surface area contributed by atoms with E-state index in [4.69, 9.17) is 4.74 Å². The van der Waals surface area contributed by atoms with Gasteiger partial charge in [0.05, 0.1) is 11.1 Å². The van der Waals surface area contributed by atoms with Gasteiger partial charge < -0.3 is 9.64 Å². The van der Waals surface area contributed by atoms with Crippen molar-refractivity contribution in [3.05, 3.63) is 12.3 Å². The highest BCUT2D eigenvalue weighted by molar-refractivity contribution is 5.05. The van der Waals surface area contributed by atoms with Crippen LogP contribution in [0, 0.1) is 0 Å². The second kappa shape index (κ2) is 4.35. The zero-order chi connectivity index (χ0) is 11.6. The van der Waals surface area contributed by atoms with Crippen molar-refractivity contribution in [1.29, 1.82) is 0 Å². The van der Waals surface area contributed by atoms with Gasteiger partial charge in [-0.15, -0.1) is 0 Å². The summed E-state index contributed by atoms with van der Waals surface area (Å²) < 4.78 is 5.54. The third kappa shape index (κ3) is 2.30.